The Morgan fingerprint density at radius 1 is 1.29 bits per heavy atom. The van der Waals surface area contributed by atoms with Crippen molar-refractivity contribution in [1.82, 2.24) is 20.8 Å². The normalized spacial score (nSPS) is 16.9. The van der Waals surface area contributed by atoms with Gasteiger partial charge in [-0.1, -0.05) is 5.16 Å². The van der Waals surface area contributed by atoms with Crippen LogP contribution in [-0.4, -0.2) is 56.0 Å². The van der Waals surface area contributed by atoms with E-state index in [-0.39, 0.29) is 6.04 Å². The Morgan fingerprint density at radius 2 is 2.04 bits per heavy atom. The maximum absolute atomic E-state index is 5.38. The van der Waals surface area contributed by atoms with Crippen molar-refractivity contribution >= 4 is 11.6 Å². The predicted octanol–water partition coefficient (Wildman–Crippen LogP) is 1.73. The Kier molecular flexibility index (Phi) is 6.57. The van der Waals surface area contributed by atoms with Crippen molar-refractivity contribution in [3.8, 4) is 11.5 Å². The molecule has 0 bridgehead atoms. The maximum Gasteiger partial charge on any atom is 0.248 e. The van der Waals surface area contributed by atoms with Gasteiger partial charge in [0, 0.05) is 49.6 Å². The molecule has 9 nitrogen and oxygen atoms in total. The van der Waals surface area contributed by atoms with Crippen LogP contribution in [0.15, 0.2) is 27.7 Å². The molecule has 2 N–H and O–H groups in total. The number of guanidine groups is 1. The van der Waals surface area contributed by atoms with Crippen LogP contribution in [0.25, 0.3) is 0 Å². The van der Waals surface area contributed by atoms with Crippen LogP contribution in [0.4, 0.5) is 5.69 Å². The molecular formula is C19H28N6O3. The van der Waals surface area contributed by atoms with Crippen LogP contribution in [0.2, 0.25) is 0 Å². The topological polar surface area (TPSA) is 97.0 Å². The molecule has 1 atom stereocenters. The molecule has 2 heterocycles. The lowest BCUT2D eigenvalue weighted by Crippen LogP contribution is -2.44. The number of hydrogen-bond donors (Lipinski definition) is 2. The number of benzene rings is 1. The fourth-order valence-corrected chi connectivity index (χ4v) is 3.15. The quantitative estimate of drug-likeness (QED) is 0.547. The van der Waals surface area contributed by atoms with Gasteiger partial charge >= 0.3 is 0 Å². The first-order valence-electron chi connectivity index (χ1n) is 9.43. The van der Waals surface area contributed by atoms with Crippen molar-refractivity contribution in [2.75, 3.05) is 38.8 Å². The highest BCUT2D eigenvalue weighted by Crippen LogP contribution is 2.30. The van der Waals surface area contributed by atoms with Crippen LogP contribution >= 0.6 is 0 Å². The second-order valence-electron chi connectivity index (χ2n) is 6.58. The summed E-state index contributed by atoms with van der Waals surface area (Å²) in [4.78, 5) is 11.1. The van der Waals surface area contributed by atoms with E-state index in [1.54, 1.807) is 21.1 Å². The average Bonchev–Trinajstić information content (AvgIpc) is 3.34. The molecule has 0 aliphatic carbocycles. The van der Waals surface area contributed by atoms with E-state index < -0.39 is 0 Å². The van der Waals surface area contributed by atoms with Crippen LogP contribution < -0.4 is 25.0 Å². The summed E-state index contributed by atoms with van der Waals surface area (Å²) in [6.07, 6.45) is 1.00. The Labute approximate surface area is 165 Å². The fourth-order valence-electron chi connectivity index (χ4n) is 3.15. The summed E-state index contributed by atoms with van der Waals surface area (Å²) >= 11 is 0. The summed E-state index contributed by atoms with van der Waals surface area (Å²) in [5.74, 6) is 3.44. The van der Waals surface area contributed by atoms with E-state index >= 15 is 0 Å². The molecular weight excluding hydrogens is 360 g/mol. The number of aryl methyl sites for hydroxylation is 1. The molecule has 9 heteroatoms. The van der Waals surface area contributed by atoms with E-state index in [2.05, 4.69) is 30.7 Å². The van der Waals surface area contributed by atoms with Crippen LogP contribution in [0.1, 0.15) is 25.1 Å². The minimum Gasteiger partial charge on any atom is -0.497 e. The third kappa shape index (κ3) is 5.05. The number of rotatable bonds is 7. The third-order valence-electron chi connectivity index (χ3n) is 4.52. The number of aromatic nitrogens is 2. The van der Waals surface area contributed by atoms with Crippen LogP contribution in [0.5, 0.6) is 11.5 Å². The van der Waals surface area contributed by atoms with Crippen molar-refractivity contribution in [2.24, 2.45) is 4.99 Å². The molecule has 0 radical (unpaired) electrons. The molecule has 1 aromatic carbocycles. The molecule has 1 unspecified atom stereocenters. The van der Waals surface area contributed by atoms with Gasteiger partial charge in [-0.25, -0.2) is 4.99 Å². The van der Waals surface area contributed by atoms with Crippen molar-refractivity contribution < 1.29 is 14.0 Å². The Morgan fingerprint density at radius 3 is 2.64 bits per heavy atom. The zero-order valence-corrected chi connectivity index (χ0v) is 16.9. The first kappa shape index (κ1) is 19.8. The van der Waals surface area contributed by atoms with E-state index in [1.807, 2.05) is 25.1 Å². The average molecular weight is 388 g/mol. The number of hydrogen-bond acceptors (Lipinski definition) is 7. The van der Waals surface area contributed by atoms with E-state index in [9.17, 15) is 0 Å². The second kappa shape index (κ2) is 9.29. The van der Waals surface area contributed by atoms with E-state index in [1.165, 1.54) is 0 Å². The maximum atomic E-state index is 5.38. The first-order chi connectivity index (χ1) is 13.6. The Bertz CT molecular complexity index is 784. The lowest BCUT2D eigenvalue weighted by atomic mass is 10.2. The fraction of sp³-hybridized carbons (Fsp3) is 0.526. The van der Waals surface area contributed by atoms with Crippen LogP contribution in [0.3, 0.4) is 0 Å². The van der Waals surface area contributed by atoms with E-state index in [0.29, 0.717) is 18.3 Å². The number of aliphatic imine (C=N–C) groups is 1. The molecule has 0 amide bonds. The minimum atomic E-state index is 0.277. The summed E-state index contributed by atoms with van der Waals surface area (Å²) in [7, 11) is 3.33. The van der Waals surface area contributed by atoms with Crippen LogP contribution in [0, 0.1) is 6.92 Å². The third-order valence-corrected chi connectivity index (χ3v) is 4.52. The molecule has 1 fully saturated rings. The van der Waals surface area contributed by atoms with Gasteiger partial charge in [-0.15, -0.1) is 0 Å². The highest BCUT2D eigenvalue weighted by atomic mass is 16.5. The van der Waals surface area contributed by atoms with Crippen LogP contribution in [-0.2, 0) is 6.54 Å². The zero-order valence-electron chi connectivity index (χ0n) is 16.9. The lowest BCUT2D eigenvalue weighted by molar-refractivity contribution is 0.376. The Balaban J connectivity index is 1.63. The van der Waals surface area contributed by atoms with Gasteiger partial charge in [0.05, 0.1) is 14.2 Å². The van der Waals surface area contributed by atoms with Crippen molar-refractivity contribution in [3.05, 3.63) is 29.9 Å². The SMILES string of the molecule is CCNC(=NCc1nc(C)no1)NC1CCN(c2cc(OC)cc(OC)c2)C1. The minimum absolute atomic E-state index is 0.277. The highest BCUT2D eigenvalue weighted by molar-refractivity contribution is 5.80. The van der Waals surface area contributed by atoms with E-state index in [0.717, 1.165) is 49.2 Å². The van der Waals surface area contributed by atoms with Crippen molar-refractivity contribution in [2.45, 2.75) is 32.9 Å². The molecule has 28 heavy (non-hydrogen) atoms. The second-order valence-corrected chi connectivity index (χ2v) is 6.58. The first-order valence-corrected chi connectivity index (χ1v) is 9.43. The summed E-state index contributed by atoms with van der Waals surface area (Å²) in [5.41, 5.74) is 1.09. The largest absolute Gasteiger partial charge is 0.497 e. The predicted molar refractivity (Wildman–Crippen MR) is 107 cm³/mol. The molecule has 0 spiro atoms. The van der Waals surface area contributed by atoms with Gasteiger partial charge in [-0.05, 0) is 20.3 Å². The molecule has 1 aromatic heterocycles. The van der Waals surface area contributed by atoms with Crippen molar-refractivity contribution in [1.29, 1.82) is 0 Å². The number of nitrogens with zero attached hydrogens (tertiary/aromatic N) is 4. The molecule has 0 saturated carbocycles. The number of anilines is 1. The van der Waals surface area contributed by atoms with Gasteiger partial charge < -0.3 is 29.5 Å². The van der Waals surface area contributed by atoms with Gasteiger partial charge in [-0.3, -0.25) is 0 Å². The highest BCUT2D eigenvalue weighted by Gasteiger charge is 2.24. The van der Waals surface area contributed by atoms with Gasteiger partial charge in [0.25, 0.3) is 0 Å². The Hall–Kier alpha value is -2.97. The van der Waals surface area contributed by atoms with E-state index in [4.69, 9.17) is 14.0 Å². The summed E-state index contributed by atoms with van der Waals surface area (Å²) in [6, 6.07) is 6.22. The number of ether oxygens (including phenoxy) is 2. The molecule has 1 saturated heterocycles. The molecule has 1 aliphatic rings. The molecule has 2 aromatic rings. The number of methoxy groups -OCH3 is 2. The smallest absolute Gasteiger partial charge is 0.248 e. The van der Waals surface area contributed by atoms with Gasteiger partial charge in [0.2, 0.25) is 5.89 Å². The zero-order chi connectivity index (χ0) is 19.9. The van der Waals surface area contributed by atoms with Gasteiger partial charge in [0.1, 0.15) is 18.0 Å². The summed E-state index contributed by atoms with van der Waals surface area (Å²) in [5, 5.41) is 10.6. The lowest BCUT2D eigenvalue weighted by Gasteiger charge is -2.21. The number of nitrogens with one attached hydrogen (secondary N) is 2. The standard InChI is InChI=1S/C19H28N6O3/c1-5-20-19(21-11-18-22-13(2)24-28-18)23-14-6-7-25(12-14)15-8-16(26-3)10-17(9-15)27-4/h8-10,14H,5-7,11-12H2,1-4H3,(H2,20,21,23). The van der Waals surface area contributed by atoms with Crippen molar-refractivity contribution in [3.63, 3.8) is 0 Å². The molecule has 3 rings (SSSR count). The monoisotopic (exact) mass is 388 g/mol. The summed E-state index contributed by atoms with van der Waals surface area (Å²) in [6.45, 7) is 6.76. The molecule has 1 aliphatic heterocycles. The van der Waals surface area contributed by atoms with Gasteiger partial charge in [0.15, 0.2) is 11.8 Å². The summed E-state index contributed by atoms with van der Waals surface area (Å²) < 4.78 is 15.9. The van der Waals surface area contributed by atoms with Gasteiger partial charge in [-0.2, -0.15) is 4.98 Å². The molecule has 152 valence electrons.